The summed E-state index contributed by atoms with van der Waals surface area (Å²) in [5.74, 6) is 0.458. The fourth-order valence-corrected chi connectivity index (χ4v) is 4.61. The van der Waals surface area contributed by atoms with Crippen LogP contribution in [0.2, 0.25) is 0 Å². The maximum absolute atomic E-state index is 12.2. The Hall–Kier alpha value is -2.12. The molecule has 0 saturated heterocycles. The van der Waals surface area contributed by atoms with E-state index in [0.717, 1.165) is 15.4 Å². The molecule has 2 N–H and O–H groups in total. The van der Waals surface area contributed by atoms with E-state index < -0.39 is 5.97 Å². The monoisotopic (exact) mass is 535 g/mol. The predicted molar refractivity (Wildman–Crippen MR) is 123 cm³/mol. The standard InChI is InChI=1S/C23H23Br2NO4/c24-17-8-11-21(19(25)14-17)30-18-9-5-16(6-10-18)13-20(23(28)29)26-22(27)12-7-15-3-1-2-4-15/h5-6,8-11,13-15H,1-4,7,12H2,(H,26,27)(H,28,29). The van der Waals surface area contributed by atoms with Crippen LogP contribution in [0.15, 0.2) is 57.1 Å². The van der Waals surface area contributed by atoms with Gasteiger partial charge in [0, 0.05) is 10.9 Å². The van der Waals surface area contributed by atoms with E-state index in [-0.39, 0.29) is 11.6 Å². The molecule has 5 nitrogen and oxygen atoms in total. The highest BCUT2D eigenvalue weighted by Crippen LogP contribution is 2.32. The first-order valence-corrected chi connectivity index (χ1v) is 11.5. The average Bonchev–Trinajstić information content (AvgIpc) is 3.23. The highest BCUT2D eigenvalue weighted by atomic mass is 79.9. The molecule has 1 aliphatic rings. The number of nitrogens with one attached hydrogen (secondary N) is 1. The SMILES string of the molecule is O=C(CCC1CCCC1)NC(=Cc1ccc(Oc2ccc(Br)cc2Br)cc1)C(=O)O. The molecule has 1 amide bonds. The minimum absolute atomic E-state index is 0.129. The Kier molecular flexibility index (Phi) is 8.10. The second-order valence-corrected chi connectivity index (χ2v) is 9.12. The van der Waals surface area contributed by atoms with Crippen molar-refractivity contribution < 1.29 is 19.4 Å². The van der Waals surface area contributed by atoms with Gasteiger partial charge in [0.25, 0.3) is 0 Å². The summed E-state index contributed by atoms with van der Waals surface area (Å²) in [5, 5.41) is 12.0. The second-order valence-electron chi connectivity index (χ2n) is 7.35. The van der Waals surface area contributed by atoms with Crippen molar-refractivity contribution in [3.63, 3.8) is 0 Å². The number of ether oxygens (including phenoxy) is 1. The topological polar surface area (TPSA) is 75.6 Å². The number of rotatable bonds is 8. The van der Waals surface area contributed by atoms with Crippen LogP contribution in [0.1, 0.15) is 44.1 Å². The molecule has 7 heteroatoms. The van der Waals surface area contributed by atoms with Crippen molar-refractivity contribution in [1.82, 2.24) is 5.32 Å². The maximum atomic E-state index is 12.2. The first-order chi connectivity index (χ1) is 14.4. The van der Waals surface area contributed by atoms with E-state index >= 15 is 0 Å². The third-order valence-corrected chi connectivity index (χ3v) is 6.18. The van der Waals surface area contributed by atoms with Crippen molar-refractivity contribution in [2.45, 2.75) is 38.5 Å². The van der Waals surface area contributed by atoms with Gasteiger partial charge in [0.15, 0.2) is 0 Å². The third-order valence-electron chi connectivity index (χ3n) is 5.07. The lowest BCUT2D eigenvalue weighted by molar-refractivity contribution is -0.134. The Bertz CT molecular complexity index is 935. The molecule has 30 heavy (non-hydrogen) atoms. The number of aliphatic carboxylic acids is 1. The Morgan fingerprint density at radius 2 is 1.80 bits per heavy atom. The summed E-state index contributed by atoms with van der Waals surface area (Å²) >= 11 is 6.85. The van der Waals surface area contributed by atoms with Crippen LogP contribution in [0.4, 0.5) is 0 Å². The molecule has 0 atom stereocenters. The molecule has 1 fully saturated rings. The Morgan fingerprint density at radius 1 is 1.10 bits per heavy atom. The van der Waals surface area contributed by atoms with Gasteiger partial charge in [0.2, 0.25) is 5.91 Å². The molecule has 0 spiro atoms. The molecule has 3 rings (SSSR count). The van der Waals surface area contributed by atoms with Crippen molar-refractivity contribution in [1.29, 1.82) is 0 Å². The zero-order chi connectivity index (χ0) is 21.5. The highest BCUT2D eigenvalue weighted by molar-refractivity contribution is 9.11. The van der Waals surface area contributed by atoms with E-state index in [0.29, 0.717) is 29.4 Å². The number of hydrogen-bond acceptors (Lipinski definition) is 3. The normalized spacial score (nSPS) is 14.5. The van der Waals surface area contributed by atoms with E-state index in [1.165, 1.54) is 31.8 Å². The van der Waals surface area contributed by atoms with Crippen LogP contribution in [0.5, 0.6) is 11.5 Å². The molecule has 0 aromatic heterocycles. The number of carboxylic acid groups (broad SMARTS) is 1. The second kappa shape index (κ2) is 10.8. The Labute approximate surface area is 192 Å². The molecule has 2 aromatic carbocycles. The lowest BCUT2D eigenvalue weighted by Crippen LogP contribution is -2.27. The van der Waals surface area contributed by atoms with E-state index in [2.05, 4.69) is 37.2 Å². The third kappa shape index (κ3) is 6.71. The van der Waals surface area contributed by atoms with Gasteiger partial charge in [-0.2, -0.15) is 0 Å². The van der Waals surface area contributed by atoms with Crippen molar-refractivity contribution >= 4 is 49.8 Å². The minimum Gasteiger partial charge on any atom is -0.477 e. The van der Waals surface area contributed by atoms with E-state index in [1.54, 1.807) is 24.3 Å². The summed E-state index contributed by atoms with van der Waals surface area (Å²) < 4.78 is 7.60. The smallest absolute Gasteiger partial charge is 0.352 e. The number of halogens is 2. The fourth-order valence-electron chi connectivity index (χ4n) is 3.48. The van der Waals surface area contributed by atoms with Gasteiger partial charge < -0.3 is 15.2 Å². The zero-order valence-corrected chi connectivity index (χ0v) is 19.5. The van der Waals surface area contributed by atoms with Gasteiger partial charge >= 0.3 is 5.97 Å². The molecule has 1 saturated carbocycles. The molecule has 0 unspecified atom stereocenters. The van der Waals surface area contributed by atoms with E-state index in [9.17, 15) is 14.7 Å². The van der Waals surface area contributed by atoms with Crippen molar-refractivity contribution in [2.24, 2.45) is 5.92 Å². The molecular formula is C23H23Br2NO4. The molecule has 2 aromatic rings. The van der Waals surface area contributed by atoms with Gasteiger partial charge in [0.1, 0.15) is 17.2 Å². The van der Waals surface area contributed by atoms with Gasteiger partial charge in [-0.1, -0.05) is 53.7 Å². The first kappa shape index (κ1) is 22.6. The molecule has 0 aliphatic heterocycles. The molecule has 0 bridgehead atoms. The Balaban J connectivity index is 1.62. The van der Waals surface area contributed by atoms with Crippen LogP contribution in [0.3, 0.4) is 0 Å². The van der Waals surface area contributed by atoms with Crippen molar-refractivity contribution in [3.8, 4) is 11.5 Å². The van der Waals surface area contributed by atoms with Crippen LogP contribution in [0, 0.1) is 5.92 Å². The summed E-state index contributed by atoms with van der Waals surface area (Å²) in [4.78, 5) is 23.7. The molecular weight excluding hydrogens is 514 g/mol. The Morgan fingerprint density at radius 3 is 2.43 bits per heavy atom. The molecule has 158 valence electrons. The molecule has 0 radical (unpaired) electrons. The number of amides is 1. The fraction of sp³-hybridized carbons (Fsp3) is 0.304. The van der Waals surface area contributed by atoms with Crippen LogP contribution < -0.4 is 10.1 Å². The largest absolute Gasteiger partial charge is 0.477 e. The number of hydrogen-bond donors (Lipinski definition) is 2. The van der Waals surface area contributed by atoms with Crippen LogP contribution in [-0.4, -0.2) is 17.0 Å². The van der Waals surface area contributed by atoms with Gasteiger partial charge in [-0.05, 0) is 70.2 Å². The van der Waals surface area contributed by atoms with E-state index in [1.807, 2.05) is 18.2 Å². The van der Waals surface area contributed by atoms with Crippen LogP contribution >= 0.6 is 31.9 Å². The summed E-state index contributed by atoms with van der Waals surface area (Å²) in [6.07, 6.45) is 7.41. The van der Waals surface area contributed by atoms with Crippen molar-refractivity contribution in [2.75, 3.05) is 0 Å². The summed E-state index contributed by atoms with van der Waals surface area (Å²) in [6, 6.07) is 12.6. The van der Waals surface area contributed by atoms with Gasteiger partial charge in [-0.15, -0.1) is 0 Å². The average molecular weight is 537 g/mol. The predicted octanol–water partition coefficient (Wildman–Crippen LogP) is 6.52. The molecule has 0 heterocycles. The lowest BCUT2D eigenvalue weighted by atomic mass is 10.0. The zero-order valence-electron chi connectivity index (χ0n) is 16.4. The van der Waals surface area contributed by atoms with Crippen molar-refractivity contribution in [3.05, 3.63) is 62.7 Å². The number of carbonyl (C=O) groups is 2. The van der Waals surface area contributed by atoms with Crippen LogP contribution in [0.25, 0.3) is 6.08 Å². The first-order valence-electron chi connectivity index (χ1n) is 9.88. The highest BCUT2D eigenvalue weighted by Gasteiger charge is 2.17. The summed E-state index contributed by atoms with van der Waals surface area (Å²) in [7, 11) is 0. The maximum Gasteiger partial charge on any atom is 0.352 e. The summed E-state index contributed by atoms with van der Waals surface area (Å²) in [6.45, 7) is 0. The lowest BCUT2D eigenvalue weighted by Gasteiger charge is -2.10. The molecule has 1 aliphatic carbocycles. The van der Waals surface area contributed by atoms with Gasteiger partial charge in [-0.25, -0.2) is 4.79 Å². The van der Waals surface area contributed by atoms with E-state index in [4.69, 9.17) is 4.74 Å². The quantitative estimate of drug-likeness (QED) is 0.377. The number of benzene rings is 2. The van der Waals surface area contributed by atoms with Crippen LogP contribution in [-0.2, 0) is 9.59 Å². The number of carbonyl (C=O) groups excluding carboxylic acids is 1. The minimum atomic E-state index is -1.16. The van der Waals surface area contributed by atoms with Gasteiger partial charge in [-0.3, -0.25) is 4.79 Å². The summed E-state index contributed by atoms with van der Waals surface area (Å²) in [5.41, 5.74) is 0.529. The van der Waals surface area contributed by atoms with Gasteiger partial charge in [0.05, 0.1) is 4.47 Å². The number of carboxylic acids is 1.